The Bertz CT molecular complexity index is 567. The number of aryl methyl sites for hydroxylation is 2. The molecule has 19 heavy (non-hydrogen) atoms. The van der Waals surface area contributed by atoms with Gasteiger partial charge in [-0.2, -0.15) is 0 Å². The molecule has 0 radical (unpaired) electrons. The molecule has 0 spiro atoms. The summed E-state index contributed by atoms with van der Waals surface area (Å²) in [7, 11) is 1.67. The number of aromatic nitrogens is 1. The third-order valence-corrected chi connectivity index (χ3v) is 4.00. The van der Waals surface area contributed by atoms with Crippen LogP contribution in [0.25, 0.3) is 0 Å². The lowest BCUT2D eigenvalue weighted by Gasteiger charge is -2.11. The van der Waals surface area contributed by atoms with Crippen molar-refractivity contribution in [2.75, 3.05) is 7.11 Å². The number of nitrogens with zero attached hydrogens (tertiary/aromatic N) is 1. The van der Waals surface area contributed by atoms with Crippen molar-refractivity contribution in [3.05, 3.63) is 47.3 Å². The zero-order valence-electron chi connectivity index (χ0n) is 11.4. The van der Waals surface area contributed by atoms with Crippen LogP contribution < -0.4 is 10.5 Å². The fourth-order valence-corrected chi connectivity index (χ4v) is 3.04. The van der Waals surface area contributed by atoms with Gasteiger partial charge in [-0.05, 0) is 44.2 Å². The van der Waals surface area contributed by atoms with Gasteiger partial charge in [-0.25, -0.2) is 0 Å². The van der Waals surface area contributed by atoms with Crippen LogP contribution in [0.2, 0.25) is 0 Å². The number of nitrogens with two attached hydrogens (primary N) is 1. The lowest BCUT2D eigenvalue weighted by molar-refractivity contribution is 0.414. The molecule has 1 aromatic carbocycles. The maximum absolute atomic E-state index is 5.83. The van der Waals surface area contributed by atoms with E-state index < -0.39 is 0 Å². The average Bonchev–Trinajstić information content (AvgIpc) is 2.39. The van der Waals surface area contributed by atoms with Gasteiger partial charge in [-0.1, -0.05) is 11.8 Å². The number of hydrogen-bond acceptors (Lipinski definition) is 4. The third kappa shape index (κ3) is 3.28. The molecule has 0 saturated heterocycles. The summed E-state index contributed by atoms with van der Waals surface area (Å²) in [5.74, 6) is 0.866. The highest BCUT2D eigenvalue weighted by molar-refractivity contribution is 7.99. The fraction of sp³-hybridized carbons (Fsp3) is 0.267. The number of ether oxygens (including phenoxy) is 1. The van der Waals surface area contributed by atoms with E-state index in [0.717, 1.165) is 22.7 Å². The molecule has 0 aliphatic carbocycles. The third-order valence-electron chi connectivity index (χ3n) is 2.91. The minimum Gasteiger partial charge on any atom is -0.497 e. The topological polar surface area (TPSA) is 48.1 Å². The monoisotopic (exact) mass is 274 g/mol. The summed E-state index contributed by atoms with van der Waals surface area (Å²) in [5, 5.41) is 0. The molecule has 1 aromatic heterocycles. The van der Waals surface area contributed by atoms with Crippen LogP contribution in [0.4, 0.5) is 0 Å². The minimum absolute atomic E-state index is 0.512. The Morgan fingerprint density at radius 3 is 2.47 bits per heavy atom. The highest BCUT2D eigenvalue weighted by atomic mass is 32.2. The maximum Gasteiger partial charge on any atom is 0.118 e. The van der Waals surface area contributed by atoms with Gasteiger partial charge in [0.1, 0.15) is 5.75 Å². The SMILES string of the molecule is COc1ccc(Sc2cc(C)nc(C)c2CN)cc1. The van der Waals surface area contributed by atoms with Crippen LogP contribution in [0, 0.1) is 13.8 Å². The van der Waals surface area contributed by atoms with E-state index in [1.165, 1.54) is 9.79 Å². The molecular formula is C15H18N2OS. The van der Waals surface area contributed by atoms with E-state index in [0.29, 0.717) is 6.54 Å². The van der Waals surface area contributed by atoms with Crippen molar-refractivity contribution in [2.45, 2.75) is 30.2 Å². The first kappa shape index (κ1) is 13.9. The van der Waals surface area contributed by atoms with E-state index in [1.54, 1.807) is 18.9 Å². The van der Waals surface area contributed by atoms with Crippen LogP contribution in [0.5, 0.6) is 5.75 Å². The van der Waals surface area contributed by atoms with Crippen LogP contribution >= 0.6 is 11.8 Å². The second kappa shape index (κ2) is 6.08. The summed E-state index contributed by atoms with van der Waals surface area (Å²) in [6.07, 6.45) is 0. The van der Waals surface area contributed by atoms with Crippen molar-refractivity contribution < 1.29 is 4.74 Å². The van der Waals surface area contributed by atoms with E-state index in [4.69, 9.17) is 10.5 Å². The molecule has 0 amide bonds. The minimum atomic E-state index is 0.512. The van der Waals surface area contributed by atoms with Crippen LogP contribution in [0.15, 0.2) is 40.1 Å². The molecule has 2 N–H and O–H groups in total. The molecule has 1 heterocycles. The molecule has 0 aliphatic heterocycles. The summed E-state index contributed by atoms with van der Waals surface area (Å²) in [4.78, 5) is 6.81. The predicted molar refractivity (Wildman–Crippen MR) is 78.7 cm³/mol. The molecule has 3 nitrogen and oxygen atoms in total. The van der Waals surface area contributed by atoms with Gasteiger partial charge in [0.25, 0.3) is 0 Å². The lowest BCUT2D eigenvalue weighted by atomic mass is 10.2. The van der Waals surface area contributed by atoms with Gasteiger partial charge in [0.2, 0.25) is 0 Å². The van der Waals surface area contributed by atoms with Crippen LogP contribution in [0.1, 0.15) is 17.0 Å². The summed E-state index contributed by atoms with van der Waals surface area (Å²) in [5.41, 5.74) is 8.98. The largest absolute Gasteiger partial charge is 0.497 e. The Morgan fingerprint density at radius 2 is 1.89 bits per heavy atom. The van der Waals surface area contributed by atoms with Crippen molar-refractivity contribution in [1.82, 2.24) is 4.98 Å². The molecule has 0 saturated carbocycles. The average molecular weight is 274 g/mol. The summed E-state index contributed by atoms with van der Waals surface area (Å²) in [6.45, 7) is 4.52. The quantitative estimate of drug-likeness (QED) is 0.929. The predicted octanol–water partition coefficient (Wildman–Crippen LogP) is 3.32. The number of hydrogen-bond donors (Lipinski definition) is 1. The molecule has 0 fully saturated rings. The Labute approximate surface area is 118 Å². The van der Waals surface area contributed by atoms with Crippen molar-refractivity contribution in [2.24, 2.45) is 5.73 Å². The summed E-state index contributed by atoms with van der Waals surface area (Å²) < 4.78 is 5.16. The van der Waals surface area contributed by atoms with Crippen molar-refractivity contribution in [1.29, 1.82) is 0 Å². The van der Waals surface area contributed by atoms with E-state index in [9.17, 15) is 0 Å². The molecule has 2 rings (SSSR count). The Balaban J connectivity index is 2.31. The molecule has 0 atom stereocenters. The van der Waals surface area contributed by atoms with Crippen molar-refractivity contribution in [3.8, 4) is 5.75 Å². The standard InChI is InChI=1S/C15H18N2OS/c1-10-8-15(14(9-16)11(2)17-10)19-13-6-4-12(18-3)5-7-13/h4-8H,9,16H2,1-3H3. The van der Waals surface area contributed by atoms with Gasteiger partial charge in [-0.3, -0.25) is 4.98 Å². The van der Waals surface area contributed by atoms with E-state index in [1.807, 2.05) is 26.0 Å². The molecule has 0 aliphatic rings. The first-order valence-corrected chi connectivity index (χ1v) is 6.94. The molecule has 4 heteroatoms. The smallest absolute Gasteiger partial charge is 0.118 e. The number of methoxy groups -OCH3 is 1. The van der Waals surface area contributed by atoms with Crippen molar-refractivity contribution in [3.63, 3.8) is 0 Å². The Hall–Kier alpha value is -1.52. The zero-order chi connectivity index (χ0) is 13.8. The zero-order valence-corrected chi connectivity index (χ0v) is 12.3. The van der Waals surface area contributed by atoms with Gasteiger partial charge >= 0.3 is 0 Å². The lowest BCUT2D eigenvalue weighted by Crippen LogP contribution is -2.04. The second-order valence-electron chi connectivity index (χ2n) is 4.31. The number of rotatable bonds is 4. The normalized spacial score (nSPS) is 10.5. The van der Waals surface area contributed by atoms with Crippen LogP contribution in [-0.4, -0.2) is 12.1 Å². The Morgan fingerprint density at radius 1 is 1.21 bits per heavy atom. The highest BCUT2D eigenvalue weighted by Crippen LogP contribution is 2.32. The van der Waals surface area contributed by atoms with Crippen LogP contribution in [0.3, 0.4) is 0 Å². The van der Waals surface area contributed by atoms with Crippen molar-refractivity contribution >= 4 is 11.8 Å². The van der Waals surface area contributed by atoms with Gasteiger partial charge in [-0.15, -0.1) is 0 Å². The number of benzene rings is 1. The van der Waals surface area contributed by atoms with E-state index in [-0.39, 0.29) is 0 Å². The highest BCUT2D eigenvalue weighted by Gasteiger charge is 2.08. The van der Waals surface area contributed by atoms with Gasteiger partial charge in [0.05, 0.1) is 7.11 Å². The first-order valence-electron chi connectivity index (χ1n) is 6.13. The molecule has 2 aromatic rings. The fourth-order valence-electron chi connectivity index (χ4n) is 1.93. The first-order chi connectivity index (χ1) is 9.13. The Kier molecular flexibility index (Phi) is 4.45. The van der Waals surface area contributed by atoms with Gasteiger partial charge in [0, 0.05) is 33.3 Å². The molecular weight excluding hydrogens is 256 g/mol. The van der Waals surface area contributed by atoms with Crippen LogP contribution in [-0.2, 0) is 6.54 Å². The maximum atomic E-state index is 5.83. The van der Waals surface area contributed by atoms with E-state index in [2.05, 4.69) is 23.2 Å². The summed E-state index contributed by atoms with van der Waals surface area (Å²) >= 11 is 1.71. The molecule has 100 valence electrons. The molecule has 0 bridgehead atoms. The van der Waals surface area contributed by atoms with Gasteiger partial charge in [0.15, 0.2) is 0 Å². The van der Waals surface area contributed by atoms with E-state index >= 15 is 0 Å². The molecule has 0 unspecified atom stereocenters. The second-order valence-corrected chi connectivity index (χ2v) is 5.42. The summed E-state index contributed by atoms with van der Waals surface area (Å²) in [6, 6.07) is 10.1. The van der Waals surface area contributed by atoms with Gasteiger partial charge < -0.3 is 10.5 Å². The number of pyridine rings is 1.